The van der Waals surface area contributed by atoms with E-state index < -0.39 is 11.8 Å². The van der Waals surface area contributed by atoms with E-state index in [0.29, 0.717) is 0 Å². The summed E-state index contributed by atoms with van der Waals surface area (Å²) in [6.07, 6.45) is 0.739. The van der Waals surface area contributed by atoms with Crippen LogP contribution in [0.4, 0.5) is 0 Å². The number of nitrogens with two attached hydrogens (primary N) is 1. The maximum atomic E-state index is 10.0. The van der Waals surface area contributed by atoms with Crippen LogP contribution in [0.3, 0.4) is 0 Å². The van der Waals surface area contributed by atoms with Gasteiger partial charge >= 0.3 is 6.20 Å². The number of aliphatic hydroxyl groups excluding tert-OH is 1. The van der Waals surface area contributed by atoms with E-state index >= 15 is 0 Å². The topological polar surface area (TPSA) is 104 Å². The minimum atomic E-state index is -0.613. The van der Waals surface area contributed by atoms with Crippen LogP contribution >= 0.6 is 0 Å². The Kier molecular flexibility index (Phi) is 3.41. The minimum Gasteiger partial charge on any atom is -0.490 e. The molecule has 0 aromatic heterocycles. The standard InChI is InChI=1S/C4H6N4O2/c5-3(9)1-7-4(10)2-8-6/h2,7H,1H2,(H2-,5,9,10)/p+1. The second-order valence-corrected chi connectivity index (χ2v) is 1.45. The Hall–Kier alpha value is -1.77. The quantitative estimate of drug-likeness (QED) is 0.358. The molecule has 0 aliphatic rings. The van der Waals surface area contributed by atoms with Gasteiger partial charge in [-0.15, -0.1) is 0 Å². The number of rotatable bonds is 3. The Morgan fingerprint density at radius 3 is 2.90 bits per heavy atom. The smallest absolute Gasteiger partial charge is 0.409 e. The van der Waals surface area contributed by atoms with Gasteiger partial charge in [0, 0.05) is 0 Å². The van der Waals surface area contributed by atoms with Crippen LogP contribution in [0.15, 0.2) is 12.1 Å². The van der Waals surface area contributed by atoms with Gasteiger partial charge in [-0.3, -0.25) is 4.79 Å². The van der Waals surface area contributed by atoms with Crippen molar-refractivity contribution < 1.29 is 9.90 Å². The number of hydrogen-bond acceptors (Lipinski definition) is 4. The summed E-state index contributed by atoms with van der Waals surface area (Å²) >= 11 is 0. The number of aliphatic hydroxyl groups is 1. The Morgan fingerprint density at radius 2 is 2.50 bits per heavy atom. The van der Waals surface area contributed by atoms with Crippen molar-refractivity contribution in [2.45, 2.75) is 0 Å². The van der Waals surface area contributed by atoms with Crippen molar-refractivity contribution in [2.24, 2.45) is 5.73 Å². The third-order valence-corrected chi connectivity index (χ3v) is 0.624. The number of diazo groups is 1. The van der Waals surface area contributed by atoms with Gasteiger partial charge in [0.05, 0.1) is 6.54 Å². The fourth-order valence-electron chi connectivity index (χ4n) is 0.278. The van der Waals surface area contributed by atoms with Crippen molar-refractivity contribution in [2.75, 3.05) is 6.54 Å². The van der Waals surface area contributed by atoms with E-state index in [1.807, 2.05) is 0 Å². The molecule has 0 aromatic rings. The van der Waals surface area contributed by atoms with Crippen LogP contribution in [-0.4, -0.2) is 17.6 Å². The highest BCUT2D eigenvalue weighted by atomic mass is 16.3. The molecule has 0 radical (unpaired) electrons. The molecule has 4 N–H and O–H groups in total. The third kappa shape index (κ3) is 4.39. The van der Waals surface area contributed by atoms with Gasteiger partial charge in [-0.25, -0.2) is 0 Å². The molecule has 0 saturated carbocycles. The number of carbonyl (C=O) groups excluding carboxylic acids is 1. The molecule has 0 aliphatic heterocycles. The second kappa shape index (κ2) is 4.14. The molecule has 6 heteroatoms. The zero-order chi connectivity index (χ0) is 7.98. The van der Waals surface area contributed by atoms with Crippen LogP contribution in [0.5, 0.6) is 0 Å². The van der Waals surface area contributed by atoms with Gasteiger partial charge in [-0.1, -0.05) is 0 Å². The largest absolute Gasteiger partial charge is 0.490 e. The molecule has 0 aliphatic carbocycles. The third-order valence-electron chi connectivity index (χ3n) is 0.624. The first kappa shape index (κ1) is 8.23. The Bertz CT molecular complexity index is 192. The maximum Gasteiger partial charge on any atom is 0.409 e. The first-order valence-corrected chi connectivity index (χ1v) is 2.42. The van der Waals surface area contributed by atoms with E-state index in [1.54, 1.807) is 0 Å². The van der Waals surface area contributed by atoms with Gasteiger partial charge in [-0.2, -0.15) is 0 Å². The molecule has 0 atom stereocenters. The highest BCUT2D eigenvalue weighted by Gasteiger charge is 1.98. The van der Waals surface area contributed by atoms with Crippen LogP contribution in [-0.2, 0) is 4.79 Å². The maximum absolute atomic E-state index is 10.0. The van der Waals surface area contributed by atoms with E-state index in [0.717, 1.165) is 6.20 Å². The molecule has 1 amide bonds. The summed E-state index contributed by atoms with van der Waals surface area (Å²) in [5.41, 5.74) is 4.70. The Balaban J connectivity index is 3.62. The van der Waals surface area contributed by atoms with Gasteiger partial charge in [0.25, 0.3) is 5.88 Å². The number of primary amides is 1. The van der Waals surface area contributed by atoms with E-state index in [4.69, 9.17) is 16.2 Å². The molecular weight excluding hydrogens is 136 g/mol. The summed E-state index contributed by atoms with van der Waals surface area (Å²) in [6, 6.07) is 0. The first-order valence-electron chi connectivity index (χ1n) is 2.42. The molecule has 0 bridgehead atoms. The lowest BCUT2D eigenvalue weighted by molar-refractivity contribution is -0.117. The van der Waals surface area contributed by atoms with Crippen LogP contribution in [0.2, 0.25) is 0 Å². The van der Waals surface area contributed by atoms with E-state index in [1.165, 1.54) is 0 Å². The molecule has 0 unspecified atom stereocenters. The molecule has 0 fully saturated rings. The van der Waals surface area contributed by atoms with Gasteiger partial charge in [0.15, 0.2) is 4.98 Å². The van der Waals surface area contributed by atoms with Crippen molar-refractivity contribution >= 4 is 5.91 Å². The van der Waals surface area contributed by atoms with Crippen LogP contribution in [0, 0.1) is 5.39 Å². The number of nitrogens with zero attached hydrogens (tertiary/aromatic N) is 2. The molecule has 54 valence electrons. The van der Waals surface area contributed by atoms with Crippen molar-refractivity contribution in [3.8, 4) is 0 Å². The van der Waals surface area contributed by atoms with Crippen LogP contribution in [0.25, 0.3) is 4.98 Å². The number of amides is 1. The summed E-state index contributed by atoms with van der Waals surface area (Å²) in [4.78, 5) is 12.5. The van der Waals surface area contributed by atoms with E-state index in [2.05, 4.69) is 10.3 Å². The molecule has 6 nitrogen and oxygen atoms in total. The average molecular weight is 143 g/mol. The molecule has 0 saturated heterocycles. The summed E-state index contributed by atoms with van der Waals surface area (Å²) in [5, 5.41) is 18.6. The molecule has 0 rings (SSSR count). The fraction of sp³-hybridized carbons (Fsp3) is 0.250. The average Bonchev–Trinajstić information content (AvgIpc) is 1.85. The number of carbonyl (C=O) groups is 1. The summed E-state index contributed by atoms with van der Waals surface area (Å²) in [7, 11) is 0. The van der Waals surface area contributed by atoms with Crippen molar-refractivity contribution in [3.63, 3.8) is 0 Å². The molecule has 0 aromatic carbocycles. The predicted octanol–water partition coefficient (Wildman–Crippen LogP) is -0.729. The normalized spacial score (nSPS) is 10.1. The Labute approximate surface area is 57.0 Å². The Morgan fingerprint density at radius 1 is 1.90 bits per heavy atom. The van der Waals surface area contributed by atoms with E-state index in [-0.39, 0.29) is 6.54 Å². The zero-order valence-electron chi connectivity index (χ0n) is 5.11. The van der Waals surface area contributed by atoms with Crippen molar-refractivity contribution in [3.05, 3.63) is 17.1 Å². The van der Waals surface area contributed by atoms with Crippen molar-refractivity contribution in [1.82, 2.24) is 5.32 Å². The monoisotopic (exact) mass is 143 g/mol. The molecule has 0 spiro atoms. The lowest BCUT2D eigenvalue weighted by Gasteiger charge is -1.94. The molecular formula is C4H7N4O2+. The SMILES string of the molecule is N#[N+]C=C(O)NCC(N)=O. The highest BCUT2D eigenvalue weighted by Crippen LogP contribution is 1.79. The lowest BCUT2D eigenvalue weighted by atomic mass is 10.6. The first-order chi connectivity index (χ1) is 4.66. The lowest BCUT2D eigenvalue weighted by Crippen LogP contribution is -2.27. The van der Waals surface area contributed by atoms with E-state index in [9.17, 15) is 4.79 Å². The highest BCUT2D eigenvalue weighted by molar-refractivity contribution is 5.76. The van der Waals surface area contributed by atoms with Gasteiger partial charge < -0.3 is 16.2 Å². The number of nitrogens with one attached hydrogen (secondary N) is 1. The summed E-state index contributed by atoms with van der Waals surface area (Å²) in [5.74, 6) is -1.03. The summed E-state index contributed by atoms with van der Waals surface area (Å²) in [6.45, 7) is -0.197. The van der Waals surface area contributed by atoms with Gasteiger partial charge in [-0.05, 0) is 0 Å². The zero-order valence-corrected chi connectivity index (χ0v) is 5.11. The van der Waals surface area contributed by atoms with Crippen molar-refractivity contribution in [1.29, 1.82) is 5.39 Å². The minimum absolute atomic E-state index is 0.197. The molecule has 0 heterocycles. The molecule has 10 heavy (non-hydrogen) atoms. The van der Waals surface area contributed by atoms with Crippen LogP contribution in [0.1, 0.15) is 0 Å². The fourth-order valence-corrected chi connectivity index (χ4v) is 0.278. The second-order valence-electron chi connectivity index (χ2n) is 1.45. The number of hydrogen-bond donors (Lipinski definition) is 3. The summed E-state index contributed by atoms with van der Waals surface area (Å²) < 4.78 is 0. The van der Waals surface area contributed by atoms with Crippen LogP contribution < -0.4 is 11.1 Å². The predicted molar refractivity (Wildman–Crippen MR) is 33.0 cm³/mol. The van der Waals surface area contributed by atoms with Gasteiger partial charge in [0.1, 0.15) is 0 Å². The van der Waals surface area contributed by atoms with Gasteiger partial charge in [0.2, 0.25) is 11.3 Å².